The topological polar surface area (TPSA) is 60.5 Å². The Balaban J connectivity index is 1.88. The number of aromatic nitrogens is 1. The molecular weight excluding hydrogens is 336 g/mol. The summed E-state index contributed by atoms with van der Waals surface area (Å²) < 4.78 is 11.5. The molecule has 0 unspecified atom stereocenters. The van der Waals surface area contributed by atoms with E-state index in [0.29, 0.717) is 28.1 Å². The molecule has 0 bridgehead atoms. The molecule has 1 heterocycles. The van der Waals surface area contributed by atoms with Crippen molar-refractivity contribution in [1.82, 2.24) is 4.98 Å². The quantitative estimate of drug-likeness (QED) is 0.720. The lowest BCUT2D eigenvalue weighted by atomic mass is 10.0. The van der Waals surface area contributed by atoms with Crippen LogP contribution in [0.5, 0.6) is 11.5 Å². The summed E-state index contributed by atoms with van der Waals surface area (Å²) in [6.07, 6.45) is 0. The van der Waals surface area contributed by atoms with Crippen LogP contribution < -0.4 is 14.8 Å². The molecule has 0 aliphatic carbocycles. The van der Waals surface area contributed by atoms with Gasteiger partial charge in [-0.2, -0.15) is 0 Å². The number of thiazole rings is 1. The maximum Gasteiger partial charge on any atom is 0.257 e. The third kappa shape index (κ3) is 3.44. The van der Waals surface area contributed by atoms with Crippen LogP contribution in [0.3, 0.4) is 0 Å². The molecule has 1 N–H and O–H groups in total. The third-order valence-electron chi connectivity index (χ3n) is 3.94. The molecule has 0 spiro atoms. The summed E-state index contributed by atoms with van der Waals surface area (Å²) >= 11 is 1.47. The van der Waals surface area contributed by atoms with E-state index in [9.17, 15) is 4.79 Å². The van der Waals surface area contributed by atoms with Gasteiger partial charge in [0.2, 0.25) is 0 Å². The lowest BCUT2D eigenvalue weighted by Crippen LogP contribution is -2.11. The van der Waals surface area contributed by atoms with Crippen LogP contribution >= 0.6 is 11.3 Å². The van der Waals surface area contributed by atoms with E-state index in [1.165, 1.54) is 16.9 Å². The fourth-order valence-electron chi connectivity index (χ4n) is 2.64. The summed E-state index contributed by atoms with van der Waals surface area (Å²) in [6.45, 7) is 4.27. The largest absolute Gasteiger partial charge is 0.493 e. The first kappa shape index (κ1) is 17.2. The average Bonchev–Trinajstić information content (AvgIpc) is 3.02. The van der Waals surface area contributed by atoms with Crippen LogP contribution in [-0.4, -0.2) is 25.1 Å². The smallest absolute Gasteiger partial charge is 0.257 e. The van der Waals surface area contributed by atoms with Crippen LogP contribution in [0.2, 0.25) is 0 Å². The van der Waals surface area contributed by atoms with Crippen LogP contribution in [0, 0.1) is 0 Å². The van der Waals surface area contributed by atoms with Crippen LogP contribution in [0.4, 0.5) is 5.13 Å². The number of para-hydroxylation sites is 1. The Morgan fingerprint density at radius 3 is 2.56 bits per heavy atom. The first-order chi connectivity index (χ1) is 12.0. The van der Waals surface area contributed by atoms with Gasteiger partial charge in [-0.15, -0.1) is 0 Å². The van der Waals surface area contributed by atoms with Gasteiger partial charge in [0.15, 0.2) is 16.6 Å². The van der Waals surface area contributed by atoms with Gasteiger partial charge in [-0.3, -0.25) is 10.1 Å². The van der Waals surface area contributed by atoms with Crippen molar-refractivity contribution in [3.8, 4) is 11.5 Å². The lowest BCUT2D eigenvalue weighted by Gasteiger charge is -2.09. The van der Waals surface area contributed by atoms with E-state index in [1.807, 2.05) is 12.1 Å². The Morgan fingerprint density at radius 1 is 1.12 bits per heavy atom. The fourth-order valence-corrected chi connectivity index (χ4v) is 3.53. The number of anilines is 1. The van der Waals surface area contributed by atoms with Gasteiger partial charge in [-0.1, -0.05) is 37.3 Å². The molecular formula is C19H20N2O3S. The van der Waals surface area contributed by atoms with Gasteiger partial charge in [0.05, 0.1) is 24.4 Å². The molecule has 3 aromatic rings. The minimum Gasteiger partial charge on any atom is -0.493 e. The predicted octanol–water partition coefficient (Wildman–Crippen LogP) is 4.69. The van der Waals surface area contributed by atoms with Gasteiger partial charge in [0.1, 0.15) is 0 Å². The molecule has 2 aromatic carbocycles. The van der Waals surface area contributed by atoms with Gasteiger partial charge in [-0.05, 0) is 35.7 Å². The molecule has 6 heteroatoms. The summed E-state index contributed by atoms with van der Waals surface area (Å²) in [5, 5.41) is 3.46. The number of rotatable bonds is 5. The van der Waals surface area contributed by atoms with Crippen LogP contribution in [0.1, 0.15) is 35.7 Å². The number of nitrogens with zero attached hydrogens (tertiary/aromatic N) is 1. The number of fused-ring (bicyclic) bond motifs is 1. The Labute approximate surface area is 150 Å². The molecule has 0 fully saturated rings. The molecule has 0 atom stereocenters. The molecule has 1 aromatic heterocycles. The monoisotopic (exact) mass is 356 g/mol. The average molecular weight is 356 g/mol. The highest BCUT2D eigenvalue weighted by Crippen LogP contribution is 2.32. The van der Waals surface area contributed by atoms with Gasteiger partial charge < -0.3 is 9.47 Å². The van der Waals surface area contributed by atoms with Crippen molar-refractivity contribution in [2.45, 2.75) is 19.8 Å². The second-order valence-corrected chi connectivity index (χ2v) is 6.92. The number of hydrogen-bond acceptors (Lipinski definition) is 5. The van der Waals surface area contributed by atoms with Crippen molar-refractivity contribution in [2.24, 2.45) is 0 Å². The van der Waals surface area contributed by atoms with E-state index in [4.69, 9.17) is 9.47 Å². The second-order valence-electron chi connectivity index (χ2n) is 5.89. The fraction of sp³-hybridized carbons (Fsp3) is 0.263. The van der Waals surface area contributed by atoms with Gasteiger partial charge in [0.25, 0.3) is 5.91 Å². The highest BCUT2D eigenvalue weighted by molar-refractivity contribution is 7.22. The Kier molecular flexibility index (Phi) is 4.90. The minimum atomic E-state index is -0.230. The first-order valence-corrected chi connectivity index (χ1v) is 8.78. The number of ether oxygens (including phenoxy) is 2. The van der Waals surface area contributed by atoms with Crippen LogP contribution in [0.15, 0.2) is 36.4 Å². The number of benzene rings is 2. The second kappa shape index (κ2) is 7.11. The normalized spacial score (nSPS) is 10.9. The standard InChI is InChI=1S/C19H20N2O3S/c1-11(2)13-6-5-7-16-17(13)20-19(25-16)21-18(22)12-8-9-14(23-3)15(10-12)24-4/h5-11H,1-4H3,(H,20,21,22). The molecule has 130 valence electrons. The van der Waals surface area contributed by atoms with Crippen LogP contribution in [0.25, 0.3) is 10.2 Å². The first-order valence-electron chi connectivity index (χ1n) is 7.96. The summed E-state index contributed by atoms with van der Waals surface area (Å²) in [7, 11) is 3.10. The van der Waals surface area contributed by atoms with Crippen molar-refractivity contribution in [3.05, 3.63) is 47.5 Å². The number of carbonyl (C=O) groups is 1. The van der Waals surface area contributed by atoms with Crippen molar-refractivity contribution in [3.63, 3.8) is 0 Å². The molecule has 0 radical (unpaired) electrons. The number of nitrogens with one attached hydrogen (secondary N) is 1. The lowest BCUT2D eigenvalue weighted by molar-refractivity contribution is 0.102. The zero-order valence-electron chi connectivity index (χ0n) is 14.6. The van der Waals surface area contributed by atoms with Crippen molar-refractivity contribution < 1.29 is 14.3 Å². The Hall–Kier alpha value is -2.60. The van der Waals surface area contributed by atoms with Crippen molar-refractivity contribution in [2.75, 3.05) is 19.5 Å². The SMILES string of the molecule is COc1ccc(C(=O)Nc2nc3c(C(C)C)cccc3s2)cc1OC. The molecule has 0 saturated carbocycles. The summed E-state index contributed by atoms with van der Waals surface area (Å²) in [5.41, 5.74) is 2.62. The maximum atomic E-state index is 12.5. The zero-order valence-corrected chi connectivity index (χ0v) is 15.4. The Morgan fingerprint density at radius 2 is 1.88 bits per heavy atom. The highest BCUT2D eigenvalue weighted by atomic mass is 32.1. The van der Waals surface area contributed by atoms with E-state index in [2.05, 4.69) is 30.2 Å². The van der Waals surface area contributed by atoms with Gasteiger partial charge in [-0.25, -0.2) is 4.98 Å². The number of amides is 1. The molecule has 1 amide bonds. The van der Waals surface area contributed by atoms with E-state index in [-0.39, 0.29) is 5.91 Å². The van der Waals surface area contributed by atoms with Gasteiger partial charge in [0, 0.05) is 5.56 Å². The van der Waals surface area contributed by atoms with E-state index in [1.54, 1.807) is 32.4 Å². The van der Waals surface area contributed by atoms with E-state index >= 15 is 0 Å². The molecule has 5 nitrogen and oxygen atoms in total. The highest BCUT2D eigenvalue weighted by Gasteiger charge is 2.15. The van der Waals surface area contributed by atoms with Crippen molar-refractivity contribution >= 4 is 32.6 Å². The molecule has 25 heavy (non-hydrogen) atoms. The summed E-state index contributed by atoms with van der Waals surface area (Å²) in [5.74, 6) is 1.24. The maximum absolute atomic E-state index is 12.5. The summed E-state index contributed by atoms with van der Waals surface area (Å²) in [4.78, 5) is 17.1. The van der Waals surface area contributed by atoms with Gasteiger partial charge >= 0.3 is 0 Å². The Bertz CT molecular complexity index is 918. The molecule has 3 rings (SSSR count). The number of methoxy groups -OCH3 is 2. The van der Waals surface area contributed by atoms with E-state index < -0.39 is 0 Å². The minimum absolute atomic E-state index is 0.230. The molecule has 0 saturated heterocycles. The van der Waals surface area contributed by atoms with Crippen LogP contribution in [-0.2, 0) is 0 Å². The third-order valence-corrected chi connectivity index (χ3v) is 4.87. The number of carbonyl (C=O) groups excluding carboxylic acids is 1. The molecule has 0 aliphatic heterocycles. The zero-order chi connectivity index (χ0) is 18.0. The summed E-state index contributed by atoms with van der Waals surface area (Å²) in [6, 6.07) is 11.2. The predicted molar refractivity (Wildman–Crippen MR) is 101 cm³/mol. The van der Waals surface area contributed by atoms with E-state index in [0.717, 1.165) is 10.2 Å². The molecule has 0 aliphatic rings. The number of hydrogen-bond donors (Lipinski definition) is 1. The van der Waals surface area contributed by atoms with Crippen molar-refractivity contribution in [1.29, 1.82) is 0 Å².